The Labute approximate surface area is 109 Å². The van der Waals surface area contributed by atoms with Crippen molar-refractivity contribution in [1.82, 2.24) is 14.9 Å². The number of hydrogen-bond donors (Lipinski definition) is 2. The lowest BCUT2D eigenvalue weighted by molar-refractivity contribution is 0.0738. The van der Waals surface area contributed by atoms with Crippen molar-refractivity contribution in [2.45, 2.75) is 31.7 Å². The summed E-state index contributed by atoms with van der Waals surface area (Å²) in [6, 6.07) is 0. The van der Waals surface area contributed by atoms with Crippen molar-refractivity contribution in [3.05, 3.63) is 11.9 Å². The van der Waals surface area contributed by atoms with Crippen LogP contribution in [0.1, 0.15) is 24.8 Å². The zero-order valence-electron chi connectivity index (χ0n) is 11.7. The highest BCUT2D eigenvalue weighted by atomic mass is 15.2. The first-order valence-electron chi connectivity index (χ1n) is 6.50. The number of nitrogens with one attached hydrogen (secondary N) is 2. The van der Waals surface area contributed by atoms with Gasteiger partial charge in [0, 0.05) is 24.7 Å². The molecule has 1 fully saturated rings. The van der Waals surface area contributed by atoms with Crippen LogP contribution in [0.3, 0.4) is 0 Å². The fourth-order valence-electron chi connectivity index (χ4n) is 2.50. The number of hydrogen-bond acceptors (Lipinski definition) is 5. The molecule has 5 heteroatoms. The van der Waals surface area contributed by atoms with Gasteiger partial charge in [0.15, 0.2) is 0 Å². The summed E-state index contributed by atoms with van der Waals surface area (Å²) in [6.45, 7) is 2.98. The molecule has 1 aromatic rings. The van der Waals surface area contributed by atoms with Gasteiger partial charge in [-0.2, -0.15) is 0 Å². The van der Waals surface area contributed by atoms with Gasteiger partial charge in [-0.25, -0.2) is 9.97 Å². The average Bonchev–Trinajstić information content (AvgIpc) is 2.29. The van der Waals surface area contributed by atoms with Gasteiger partial charge in [0.2, 0.25) is 0 Å². The molecule has 5 nitrogen and oxygen atoms in total. The van der Waals surface area contributed by atoms with Crippen LogP contribution in [0.4, 0.5) is 11.6 Å². The van der Waals surface area contributed by atoms with E-state index in [0.717, 1.165) is 23.7 Å². The van der Waals surface area contributed by atoms with Crippen molar-refractivity contribution in [1.29, 1.82) is 0 Å². The normalized spacial score (nSPS) is 17.4. The third-order valence-corrected chi connectivity index (χ3v) is 4.14. The SMILES string of the molecule is CNc1ncnc(NCC2(N(C)C)CCC2)c1C. The van der Waals surface area contributed by atoms with Crippen LogP contribution in [0, 0.1) is 6.92 Å². The van der Waals surface area contributed by atoms with Crippen LogP contribution in [0.2, 0.25) is 0 Å². The predicted octanol–water partition coefficient (Wildman–Crippen LogP) is 1.72. The molecule has 1 saturated carbocycles. The Morgan fingerprint density at radius 3 is 2.44 bits per heavy atom. The summed E-state index contributed by atoms with van der Waals surface area (Å²) in [7, 11) is 6.20. The van der Waals surface area contributed by atoms with Gasteiger partial charge in [-0.1, -0.05) is 0 Å². The van der Waals surface area contributed by atoms with E-state index in [2.05, 4.69) is 39.6 Å². The molecule has 0 amide bonds. The third-order valence-electron chi connectivity index (χ3n) is 4.14. The number of nitrogens with zero attached hydrogens (tertiary/aromatic N) is 3. The molecule has 0 spiro atoms. The van der Waals surface area contributed by atoms with Gasteiger partial charge in [-0.05, 0) is 40.3 Å². The van der Waals surface area contributed by atoms with Crippen LogP contribution >= 0.6 is 0 Å². The van der Waals surface area contributed by atoms with E-state index in [1.165, 1.54) is 19.3 Å². The van der Waals surface area contributed by atoms with E-state index in [1.54, 1.807) is 6.33 Å². The quantitative estimate of drug-likeness (QED) is 0.832. The molecule has 1 aliphatic rings. The largest absolute Gasteiger partial charge is 0.373 e. The van der Waals surface area contributed by atoms with E-state index in [0.29, 0.717) is 5.54 Å². The number of anilines is 2. The fraction of sp³-hybridized carbons (Fsp3) is 0.692. The number of likely N-dealkylation sites (N-methyl/N-ethyl adjacent to an activating group) is 1. The van der Waals surface area contributed by atoms with Crippen molar-refractivity contribution in [2.24, 2.45) is 0 Å². The molecule has 0 atom stereocenters. The Morgan fingerprint density at radius 1 is 1.28 bits per heavy atom. The summed E-state index contributed by atoms with van der Waals surface area (Å²) in [4.78, 5) is 10.9. The minimum Gasteiger partial charge on any atom is -0.373 e. The van der Waals surface area contributed by atoms with Crippen molar-refractivity contribution in [3.63, 3.8) is 0 Å². The molecule has 100 valence electrons. The first-order valence-corrected chi connectivity index (χ1v) is 6.50. The summed E-state index contributed by atoms with van der Waals surface area (Å²) in [5.41, 5.74) is 1.38. The van der Waals surface area contributed by atoms with E-state index in [9.17, 15) is 0 Å². The highest BCUT2D eigenvalue weighted by molar-refractivity contribution is 5.56. The molecule has 2 rings (SSSR count). The molecule has 0 aromatic carbocycles. The number of aromatic nitrogens is 2. The van der Waals surface area contributed by atoms with Crippen molar-refractivity contribution in [3.8, 4) is 0 Å². The summed E-state index contributed by atoms with van der Waals surface area (Å²) in [5, 5.41) is 6.56. The first-order chi connectivity index (χ1) is 8.59. The van der Waals surface area contributed by atoms with E-state index in [1.807, 2.05) is 14.0 Å². The van der Waals surface area contributed by atoms with Gasteiger partial charge in [-0.3, -0.25) is 0 Å². The first kappa shape index (κ1) is 13.1. The third kappa shape index (κ3) is 2.27. The maximum Gasteiger partial charge on any atom is 0.134 e. The smallest absolute Gasteiger partial charge is 0.134 e. The van der Waals surface area contributed by atoms with Gasteiger partial charge >= 0.3 is 0 Å². The van der Waals surface area contributed by atoms with E-state index in [-0.39, 0.29) is 0 Å². The molecular weight excluding hydrogens is 226 g/mol. The maximum atomic E-state index is 4.33. The molecule has 0 aliphatic heterocycles. The van der Waals surface area contributed by atoms with Gasteiger partial charge in [0.1, 0.15) is 18.0 Å². The van der Waals surface area contributed by atoms with E-state index >= 15 is 0 Å². The van der Waals surface area contributed by atoms with Crippen LogP contribution in [0.25, 0.3) is 0 Å². The Bertz CT molecular complexity index is 412. The topological polar surface area (TPSA) is 53.1 Å². The Balaban J connectivity index is 2.06. The highest BCUT2D eigenvalue weighted by Crippen LogP contribution is 2.36. The standard InChI is InChI=1S/C13H23N5/c1-10-11(14-2)16-9-17-12(10)15-8-13(18(3)4)6-5-7-13/h9H,5-8H2,1-4H3,(H2,14,15,16,17). The molecule has 18 heavy (non-hydrogen) atoms. The van der Waals surface area contributed by atoms with Crippen molar-refractivity contribution >= 4 is 11.6 Å². The minimum atomic E-state index is 0.303. The van der Waals surface area contributed by atoms with Crippen LogP contribution in [0.15, 0.2) is 6.33 Å². The average molecular weight is 249 g/mol. The van der Waals surface area contributed by atoms with Crippen LogP contribution < -0.4 is 10.6 Å². The molecule has 1 aliphatic carbocycles. The second-order valence-electron chi connectivity index (χ2n) is 5.27. The van der Waals surface area contributed by atoms with E-state index < -0.39 is 0 Å². The highest BCUT2D eigenvalue weighted by Gasteiger charge is 2.38. The van der Waals surface area contributed by atoms with Gasteiger partial charge in [-0.15, -0.1) is 0 Å². The number of rotatable bonds is 5. The lowest BCUT2D eigenvalue weighted by Crippen LogP contribution is -2.54. The lowest BCUT2D eigenvalue weighted by Gasteiger charge is -2.47. The maximum absolute atomic E-state index is 4.33. The zero-order valence-corrected chi connectivity index (χ0v) is 11.7. The van der Waals surface area contributed by atoms with Crippen LogP contribution in [-0.2, 0) is 0 Å². The molecule has 0 radical (unpaired) electrons. The molecule has 0 saturated heterocycles. The molecule has 0 bridgehead atoms. The molecule has 2 N–H and O–H groups in total. The van der Waals surface area contributed by atoms with Gasteiger partial charge < -0.3 is 15.5 Å². The fourth-order valence-corrected chi connectivity index (χ4v) is 2.50. The molecule has 1 aromatic heterocycles. The second kappa shape index (κ2) is 5.10. The second-order valence-corrected chi connectivity index (χ2v) is 5.27. The Morgan fingerprint density at radius 2 is 1.94 bits per heavy atom. The summed E-state index contributed by atoms with van der Waals surface area (Å²) >= 11 is 0. The summed E-state index contributed by atoms with van der Waals surface area (Å²) in [5.74, 6) is 1.82. The van der Waals surface area contributed by atoms with Crippen molar-refractivity contribution < 1.29 is 0 Å². The van der Waals surface area contributed by atoms with Gasteiger partial charge in [0.05, 0.1) is 0 Å². The molecule has 0 unspecified atom stereocenters. The van der Waals surface area contributed by atoms with Gasteiger partial charge in [0.25, 0.3) is 0 Å². The Hall–Kier alpha value is -1.36. The predicted molar refractivity (Wildman–Crippen MR) is 75.1 cm³/mol. The minimum absolute atomic E-state index is 0.303. The molecular formula is C13H23N5. The zero-order chi connectivity index (χ0) is 13.2. The molecule has 1 heterocycles. The van der Waals surface area contributed by atoms with Crippen LogP contribution in [0.5, 0.6) is 0 Å². The van der Waals surface area contributed by atoms with Crippen molar-refractivity contribution in [2.75, 3.05) is 38.3 Å². The van der Waals surface area contributed by atoms with E-state index in [4.69, 9.17) is 0 Å². The Kier molecular flexibility index (Phi) is 3.71. The summed E-state index contributed by atoms with van der Waals surface area (Å²) in [6.07, 6.45) is 5.45. The van der Waals surface area contributed by atoms with Crippen LogP contribution in [-0.4, -0.2) is 48.1 Å². The monoisotopic (exact) mass is 249 g/mol. The summed E-state index contributed by atoms with van der Waals surface area (Å²) < 4.78 is 0. The lowest BCUT2D eigenvalue weighted by atomic mass is 9.75.